The van der Waals surface area contributed by atoms with Crippen molar-refractivity contribution in [2.45, 2.75) is 18.9 Å². The van der Waals surface area contributed by atoms with Gasteiger partial charge in [-0.25, -0.2) is 4.98 Å². The van der Waals surface area contributed by atoms with Crippen LogP contribution in [0.15, 0.2) is 83.9 Å². The molecule has 3 aromatic rings. The Labute approximate surface area is 158 Å². The molecular weight excluding hydrogens is 332 g/mol. The first-order valence-electron chi connectivity index (χ1n) is 9.34. The summed E-state index contributed by atoms with van der Waals surface area (Å²) in [5, 5.41) is 2.35. The Morgan fingerprint density at radius 2 is 1.93 bits per heavy atom. The third-order valence-electron chi connectivity index (χ3n) is 5.33. The maximum absolute atomic E-state index is 4.79. The molecule has 4 heterocycles. The van der Waals surface area contributed by atoms with E-state index in [4.69, 9.17) is 4.98 Å². The molecule has 0 spiro atoms. The first-order valence-corrected chi connectivity index (χ1v) is 9.34. The van der Waals surface area contributed by atoms with Crippen LogP contribution in [0, 0.1) is 0 Å². The number of piperidine rings is 1. The molecule has 132 valence electrons. The third-order valence-corrected chi connectivity index (χ3v) is 5.33. The van der Waals surface area contributed by atoms with Crippen molar-refractivity contribution in [3.8, 4) is 11.1 Å². The number of aromatic nitrogens is 2. The van der Waals surface area contributed by atoms with Gasteiger partial charge < -0.3 is 4.90 Å². The molecule has 0 amide bonds. The Hall–Kier alpha value is -3.27. The van der Waals surface area contributed by atoms with Gasteiger partial charge in [0.1, 0.15) is 5.82 Å². The van der Waals surface area contributed by atoms with Crippen molar-refractivity contribution >= 4 is 22.8 Å². The van der Waals surface area contributed by atoms with Crippen molar-refractivity contribution < 1.29 is 0 Å². The molecule has 0 saturated carbocycles. The minimum Gasteiger partial charge on any atom is -0.346 e. The number of allylic oxidation sites excluding steroid dienone is 1. The number of nitrogens with zero attached hydrogens (tertiary/aromatic N) is 4. The fraction of sp³-hybridized carbons (Fsp3) is 0.174. The molecule has 27 heavy (non-hydrogen) atoms. The summed E-state index contributed by atoms with van der Waals surface area (Å²) in [7, 11) is 0. The lowest BCUT2D eigenvalue weighted by Gasteiger charge is -2.36. The average Bonchev–Trinajstić information content (AvgIpc) is 2.99. The molecule has 1 unspecified atom stereocenters. The molecule has 0 N–H and O–H groups in total. The number of hydrogen-bond acceptors (Lipinski definition) is 4. The van der Waals surface area contributed by atoms with Gasteiger partial charge in [-0.15, -0.1) is 0 Å². The summed E-state index contributed by atoms with van der Waals surface area (Å²) >= 11 is 0. The highest BCUT2D eigenvalue weighted by atomic mass is 15.2. The Morgan fingerprint density at radius 3 is 2.85 bits per heavy atom. The average molecular weight is 352 g/mol. The van der Waals surface area contributed by atoms with Gasteiger partial charge in [0, 0.05) is 48.5 Å². The number of pyridine rings is 2. The number of rotatable bonds is 2. The lowest BCUT2D eigenvalue weighted by atomic mass is 9.95. The maximum atomic E-state index is 4.79. The topological polar surface area (TPSA) is 41.4 Å². The van der Waals surface area contributed by atoms with Gasteiger partial charge in [0.2, 0.25) is 0 Å². The molecule has 4 nitrogen and oxygen atoms in total. The van der Waals surface area contributed by atoms with E-state index < -0.39 is 0 Å². The van der Waals surface area contributed by atoms with E-state index in [1.807, 2.05) is 37.1 Å². The van der Waals surface area contributed by atoms with E-state index >= 15 is 0 Å². The van der Waals surface area contributed by atoms with Crippen LogP contribution in [0.4, 0.5) is 5.82 Å². The van der Waals surface area contributed by atoms with E-state index in [-0.39, 0.29) is 6.04 Å². The second kappa shape index (κ2) is 6.80. The fourth-order valence-electron chi connectivity index (χ4n) is 3.92. The molecule has 1 saturated heterocycles. The number of anilines is 1. The first kappa shape index (κ1) is 15.9. The van der Waals surface area contributed by atoms with Gasteiger partial charge in [-0.1, -0.05) is 12.1 Å². The number of aliphatic imine (C=N–C) groups is 1. The highest BCUT2D eigenvalue weighted by molar-refractivity contribution is 5.86. The lowest BCUT2D eigenvalue weighted by molar-refractivity contribution is 0.613. The standard InChI is InChI=1S/C23H20N4/c1-2-18-8-10-24-12-9-22(18)27(13-1)23-6-5-20(16-26-23)19-4-3-17-7-11-25-15-21(17)14-19/h3-12,14-16,22H,1-2,13H2. The molecule has 4 heteroatoms. The SMILES string of the molecule is C1=CC2C(=CC=N1)CCCN2c1ccc(-c2ccc3ccncc3c2)cn1. The maximum Gasteiger partial charge on any atom is 0.129 e. The third kappa shape index (κ3) is 3.04. The summed E-state index contributed by atoms with van der Waals surface area (Å²) in [6, 6.07) is 13.0. The van der Waals surface area contributed by atoms with Crippen molar-refractivity contribution in [3.63, 3.8) is 0 Å². The van der Waals surface area contributed by atoms with Crippen LogP contribution in [0.2, 0.25) is 0 Å². The zero-order valence-electron chi connectivity index (χ0n) is 15.0. The van der Waals surface area contributed by atoms with Gasteiger partial charge in [0.05, 0.1) is 6.04 Å². The second-order valence-electron chi connectivity index (χ2n) is 6.97. The summed E-state index contributed by atoms with van der Waals surface area (Å²) in [5.41, 5.74) is 3.69. The molecular formula is C23H20N4. The Kier molecular flexibility index (Phi) is 4.02. The summed E-state index contributed by atoms with van der Waals surface area (Å²) in [6.07, 6.45) is 16.1. The van der Waals surface area contributed by atoms with Crippen LogP contribution in [0.25, 0.3) is 21.9 Å². The minimum atomic E-state index is 0.256. The number of fused-ring (bicyclic) bond motifs is 2. The second-order valence-corrected chi connectivity index (χ2v) is 6.97. The van der Waals surface area contributed by atoms with Crippen LogP contribution >= 0.6 is 0 Å². The van der Waals surface area contributed by atoms with Gasteiger partial charge in [-0.2, -0.15) is 0 Å². The Bertz CT molecular complexity index is 1060. The highest BCUT2D eigenvalue weighted by Gasteiger charge is 2.25. The van der Waals surface area contributed by atoms with Crippen molar-refractivity contribution in [3.05, 3.63) is 78.9 Å². The van der Waals surface area contributed by atoms with Gasteiger partial charge in [-0.3, -0.25) is 9.98 Å². The molecule has 2 aromatic heterocycles. The molecule has 5 rings (SSSR count). The highest BCUT2D eigenvalue weighted by Crippen LogP contribution is 2.30. The van der Waals surface area contributed by atoms with E-state index in [1.165, 1.54) is 11.0 Å². The zero-order valence-corrected chi connectivity index (χ0v) is 15.0. The Morgan fingerprint density at radius 1 is 0.963 bits per heavy atom. The zero-order chi connectivity index (χ0) is 18.1. The summed E-state index contributed by atoms with van der Waals surface area (Å²) in [4.78, 5) is 15.7. The molecule has 0 radical (unpaired) electrons. The predicted octanol–water partition coefficient (Wildman–Crippen LogP) is 4.79. The largest absolute Gasteiger partial charge is 0.346 e. The summed E-state index contributed by atoms with van der Waals surface area (Å²) in [5.74, 6) is 1.02. The first-order chi connectivity index (χ1) is 13.4. The van der Waals surface area contributed by atoms with Crippen LogP contribution in [-0.4, -0.2) is 28.8 Å². The quantitative estimate of drug-likeness (QED) is 0.666. The molecule has 2 aliphatic heterocycles. The monoisotopic (exact) mass is 352 g/mol. The van der Waals surface area contributed by atoms with Crippen LogP contribution in [-0.2, 0) is 0 Å². The molecule has 2 aliphatic rings. The van der Waals surface area contributed by atoms with Crippen molar-refractivity contribution in [1.29, 1.82) is 0 Å². The van der Waals surface area contributed by atoms with E-state index in [0.717, 1.165) is 41.7 Å². The van der Waals surface area contributed by atoms with Crippen molar-refractivity contribution in [2.24, 2.45) is 4.99 Å². The van der Waals surface area contributed by atoms with E-state index in [0.29, 0.717) is 0 Å². The Balaban J connectivity index is 1.45. The molecule has 1 aromatic carbocycles. The van der Waals surface area contributed by atoms with Crippen molar-refractivity contribution in [2.75, 3.05) is 11.4 Å². The van der Waals surface area contributed by atoms with Crippen LogP contribution in [0.1, 0.15) is 12.8 Å². The van der Waals surface area contributed by atoms with Gasteiger partial charge >= 0.3 is 0 Å². The van der Waals surface area contributed by atoms with Crippen LogP contribution in [0.5, 0.6) is 0 Å². The van der Waals surface area contributed by atoms with E-state index in [9.17, 15) is 0 Å². The van der Waals surface area contributed by atoms with E-state index in [1.54, 1.807) is 0 Å². The summed E-state index contributed by atoms with van der Waals surface area (Å²) < 4.78 is 0. The van der Waals surface area contributed by atoms with E-state index in [2.05, 4.69) is 57.4 Å². The predicted molar refractivity (Wildman–Crippen MR) is 111 cm³/mol. The van der Waals surface area contributed by atoms with Crippen LogP contribution < -0.4 is 4.90 Å². The van der Waals surface area contributed by atoms with Gasteiger partial charge in [-0.05, 0) is 65.8 Å². The van der Waals surface area contributed by atoms with Gasteiger partial charge in [0.25, 0.3) is 0 Å². The summed E-state index contributed by atoms with van der Waals surface area (Å²) in [6.45, 7) is 1.01. The smallest absolute Gasteiger partial charge is 0.129 e. The van der Waals surface area contributed by atoms with Crippen LogP contribution in [0.3, 0.4) is 0 Å². The molecule has 0 bridgehead atoms. The number of hydrogen-bond donors (Lipinski definition) is 0. The molecule has 1 atom stereocenters. The number of benzene rings is 1. The fourth-order valence-corrected chi connectivity index (χ4v) is 3.92. The van der Waals surface area contributed by atoms with Crippen molar-refractivity contribution in [1.82, 2.24) is 9.97 Å². The normalized spacial score (nSPS) is 18.9. The molecule has 0 aliphatic carbocycles. The lowest BCUT2D eigenvalue weighted by Crippen LogP contribution is -2.40. The minimum absolute atomic E-state index is 0.256. The molecule has 1 fully saturated rings. The van der Waals surface area contributed by atoms with Gasteiger partial charge in [0.15, 0.2) is 0 Å².